The van der Waals surface area contributed by atoms with Gasteiger partial charge < -0.3 is 10.2 Å². The van der Waals surface area contributed by atoms with Gasteiger partial charge in [0.15, 0.2) is 9.84 Å². The van der Waals surface area contributed by atoms with E-state index in [9.17, 15) is 8.42 Å². The maximum atomic E-state index is 11.3. The summed E-state index contributed by atoms with van der Waals surface area (Å²) < 4.78 is 22.5. The summed E-state index contributed by atoms with van der Waals surface area (Å²) in [7, 11) is 0.947. The van der Waals surface area contributed by atoms with Crippen molar-refractivity contribution in [1.29, 1.82) is 0 Å². The molecule has 4 nitrogen and oxygen atoms in total. The molecule has 5 heteroatoms. The van der Waals surface area contributed by atoms with Crippen LogP contribution in [0.4, 0.5) is 11.4 Å². The van der Waals surface area contributed by atoms with E-state index in [4.69, 9.17) is 0 Å². The standard InChI is InChI=1S/C12H16N2O2S/c1-14(2)12-5-3-4-10(8-12)13-11-6-7-17(15,16)9-11/h3-8,11,13H,9H2,1-2H3/t11-/m1/s1. The second-order valence-electron chi connectivity index (χ2n) is 4.35. The van der Waals surface area contributed by atoms with E-state index in [1.807, 2.05) is 43.3 Å². The van der Waals surface area contributed by atoms with Gasteiger partial charge in [-0.15, -0.1) is 0 Å². The predicted octanol–water partition coefficient (Wildman–Crippen LogP) is 1.48. The minimum atomic E-state index is -3.00. The highest BCUT2D eigenvalue weighted by Crippen LogP contribution is 2.20. The van der Waals surface area contributed by atoms with E-state index in [0.717, 1.165) is 11.4 Å². The van der Waals surface area contributed by atoms with Crippen LogP contribution in [-0.4, -0.2) is 34.3 Å². The molecule has 1 aliphatic heterocycles. The fourth-order valence-corrected chi connectivity index (χ4v) is 2.99. The molecule has 1 aromatic rings. The second kappa shape index (κ2) is 4.41. The number of hydrogen-bond donors (Lipinski definition) is 1. The summed E-state index contributed by atoms with van der Waals surface area (Å²) >= 11 is 0. The van der Waals surface area contributed by atoms with Crippen LogP contribution in [0.5, 0.6) is 0 Å². The zero-order valence-corrected chi connectivity index (χ0v) is 10.7. The fourth-order valence-electron chi connectivity index (χ4n) is 1.75. The molecule has 92 valence electrons. The zero-order valence-electron chi connectivity index (χ0n) is 9.92. The van der Waals surface area contributed by atoms with Gasteiger partial charge in [0, 0.05) is 30.9 Å². The van der Waals surface area contributed by atoms with Crippen LogP contribution in [0.25, 0.3) is 0 Å². The maximum absolute atomic E-state index is 11.3. The molecule has 0 radical (unpaired) electrons. The molecule has 1 aromatic carbocycles. The van der Waals surface area contributed by atoms with Crippen molar-refractivity contribution in [3.8, 4) is 0 Å². The van der Waals surface area contributed by atoms with Crippen molar-refractivity contribution in [3.05, 3.63) is 35.7 Å². The van der Waals surface area contributed by atoms with Gasteiger partial charge in [0.05, 0.1) is 11.8 Å². The van der Waals surface area contributed by atoms with Crippen LogP contribution in [0.2, 0.25) is 0 Å². The van der Waals surface area contributed by atoms with Gasteiger partial charge in [-0.05, 0) is 18.2 Å². The lowest BCUT2D eigenvalue weighted by Crippen LogP contribution is -2.21. The van der Waals surface area contributed by atoms with Crippen molar-refractivity contribution in [1.82, 2.24) is 0 Å². The third-order valence-electron chi connectivity index (χ3n) is 2.64. The minimum absolute atomic E-state index is 0.127. The van der Waals surface area contributed by atoms with Gasteiger partial charge in [-0.2, -0.15) is 0 Å². The van der Waals surface area contributed by atoms with Crippen LogP contribution >= 0.6 is 0 Å². The molecule has 17 heavy (non-hydrogen) atoms. The number of sulfone groups is 1. The Hall–Kier alpha value is -1.49. The van der Waals surface area contributed by atoms with Gasteiger partial charge in [-0.3, -0.25) is 0 Å². The van der Waals surface area contributed by atoms with Crippen molar-refractivity contribution in [2.24, 2.45) is 0 Å². The van der Waals surface area contributed by atoms with Crippen LogP contribution in [0.3, 0.4) is 0 Å². The smallest absolute Gasteiger partial charge is 0.173 e. The first-order valence-corrected chi connectivity index (χ1v) is 7.13. The Morgan fingerprint density at radius 2 is 2.12 bits per heavy atom. The van der Waals surface area contributed by atoms with Gasteiger partial charge in [-0.25, -0.2) is 8.42 Å². The minimum Gasteiger partial charge on any atom is -0.378 e. The van der Waals surface area contributed by atoms with E-state index in [-0.39, 0.29) is 11.8 Å². The third-order valence-corrected chi connectivity index (χ3v) is 4.04. The Morgan fingerprint density at radius 1 is 1.35 bits per heavy atom. The van der Waals surface area contributed by atoms with Gasteiger partial charge in [-0.1, -0.05) is 12.1 Å². The van der Waals surface area contributed by atoms with Crippen LogP contribution < -0.4 is 10.2 Å². The summed E-state index contributed by atoms with van der Waals surface area (Å²) in [4.78, 5) is 2.01. The van der Waals surface area contributed by atoms with Gasteiger partial charge in [0.1, 0.15) is 0 Å². The molecule has 2 rings (SSSR count). The first kappa shape index (κ1) is 12.0. The van der Waals surface area contributed by atoms with E-state index in [1.54, 1.807) is 6.08 Å². The Morgan fingerprint density at radius 3 is 2.71 bits per heavy atom. The van der Waals surface area contributed by atoms with E-state index >= 15 is 0 Å². The lowest BCUT2D eigenvalue weighted by atomic mass is 10.2. The monoisotopic (exact) mass is 252 g/mol. The SMILES string of the molecule is CN(C)c1cccc(N[C@@H]2C=CS(=O)(=O)C2)c1. The topological polar surface area (TPSA) is 49.4 Å². The molecule has 0 fully saturated rings. The van der Waals surface area contributed by atoms with Crippen molar-refractivity contribution in [2.45, 2.75) is 6.04 Å². The average molecular weight is 252 g/mol. The Labute approximate surface area is 102 Å². The number of nitrogens with one attached hydrogen (secondary N) is 1. The molecule has 1 aliphatic rings. The zero-order chi connectivity index (χ0) is 12.5. The summed E-state index contributed by atoms with van der Waals surface area (Å²) in [6.07, 6.45) is 1.69. The van der Waals surface area contributed by atoms with Crippen LogP contribution in [-0.2, 0) is 9.84 Å². The number of benzene rings is 1. The normalized spacial score (nSPS) is 21.4. The summed E-state index contributed by atoms with van der Waals surface area (Å²) in [5.41, 5.74) is 2.02. The largest absolute Gasteiger partial charge is 0.378 e. The molecule has 0 amide bonds. The Kier molecular flexibility index (Phi) is 3.11. The number of rotatable bonds is 3. The quantitative estimate of drug-likeness (QED) is 0.885. The summed E-state index contributed by atoms with van der Waals surface area (Å²) in [6.45, 7) is 0. The van der Waals surface area contributed by atoms with Crippen molar-refractivity contribution < 1.29 is 8.42 Å². The van der Waals surface area contributed by atoms with Crippen molar-refractivity contribution in [3.63, 3.8) is 0 Å². The van der Waals surface area contributed by atoms with Crippen LogP contribution in [0, 0.1) is 0 Å². The molecular weight excluding hydrogens is 236 g/mol. The van der Waals surface area contributed by atoms with Crippen LogP contribution in [0.15, 0.2) is 35.7 Å². The van der Waals surface area contributed by atoms with Gasteiger partial charge in [0.2, 0.25) is 0 Å². The van der Waals surface area contributed by atoms with Gasteiger partial charge in [0.25, 0.3) is 0 Å². The number of nitrogens with zero attached hydrogens (tertiary/aromatic N) is 1. The van der Waals surface area contributed by atoms with Crippen molar-refractivity contribution >= 4 is 21.2 Å². The average Bonchev–Trinajstić information content (AvgIpc) is 2.58. The molecular formula is C12H16N2O2S. The summed E-state index contributed by atoms with van der Waals surface area (Å²) in [6, 6.07) is 7.76. The van der Waals surface area contributed by atoms with E-state index in [0.29, 0.717) is 0 Å². The highest BCUT2D eigenvalue weighted by Gasteiger charge is 2.21. The van der Waals surface area contributed by atoms with Crippen LogP contribution in [0.1, 0.15) is 0 Å². The molecule has 0 aliphatic carbocycles. The fraction of sp³-hybridized carbons (Fsp3) is 0.333. The third kappa shape index (κ3) is 3.00. The maximum Gasteiger partial charge on any atom is 0.173 e. The summed E-state index contributed by atoms with van der Waals surface area (Å²) in [5.74, 6) is 0.138. The Balaban J connectivity index is 2.10. The molecule has 1 atom stereocenters. The molecule has 0 spiro atoms. The Bertz CT molecular complexity index is 535. The molecule has 0 saturated carbocycles. The predicted molar refractivity (Wildman–Crippen MR) is 71.1 cm³/mol. The highest BCUT2D eigenvalue weighted by atomic mass is 32.2. The molecule has 0 saturated heterocycles. The molecule has 1 heterocycles. The van der Waals surface area contributed by atoms with E-state index < -0.39 is 9.84 Å². The molecule has 1 N–H and O–H groups in total. The lowest BCUT2D eigenvalue weighted by molar-refractivity contribution is 0.605. The van der Waals surface area contributed by atoms with E-state index in [2.05, 4.69) is 5.32 Å². The summed E-state index contributed by atoms with van der Waals surface area (Å²) in [5, 5.41) is 4.48. The van der Waals surface area contributed by atoms with Gasteiger partial charge >= 0.3 is 0 Å². The first-order chi connectivity index (χ1) is 7.96. The second-order valence-corrected chi connectivity index (χ2v) is 6.28. The number of hydrogen-bond acceptors (Lipinski definition) is 4. The lowest BCUT2D eigenvalue weighted by Gasteiger charge is -2.16. The molecule has 0 unspecified atom stereocenters. The molecule has 0 aromatic heterocycles. The highest BCUT2D eigenvalue weighted by molar-refractivity contribution is 7.94. The van der Waals surface area contributed by atoms with E-state index in [1.165, 1.54) is 5.41 Å². The molecule has 0 bridgehead atoms. The number of anilines is 2. The van der Waals surface area contributed by atoms with Crippen molar-refractivity contribution in [2.75, 3.05) is 30.1 Å². The first-order valence-electron chi connectivity index (χ1n) is 5.41.